The second kappa shape index (κ2) is 13.3. The van der Waals surface area contributed by atoms with Crippen LogP contribution >= 0.6 is 0 Å². The van der Waals surface area contributed by atoms with Gasteiger partial charge in [0, 0.05) is 0 Å². The molecule has 1 amide bonds. The Labute approximate surface area is 276 Å². The van der Waals surface area contributed by atoms with Gasteiger partial charge in [-0.3, -0.25) is 0 Å². The number of rotatable bonds is 10. The van der Waals surface area contributed by atoms with Gasteiger partial charge in [-0.15, -0.1) is 0 Å². The quantitative estimate of drug-likeness (QED) is 0.142. The number of nitrogens with zero attached hydrogens (tertiary/aromatic N) is 7. The van der Waals surface area contributed by atoms with Crippen LogP contribution in [-0.2, 0) is 16.1 Å². The minimum atomic E-state index is -0.506. The number of para-hydroxylation sites is 1. The van der Waals surface area contributed by atoms with E-state index in [0.717, 1.165) is 23.9 Å². The zero-order valence-electron chi connectivity index (χ0n) is 26.2. The van der Waals surface area contributed by atoms with Gasteiger partial charge in [0.25, 0.3) is 0 Å². The normalized spacial score (nSPS) is 17.4. The molecule has 4 aromatic rings. The molecule has 2 aliphatic heterocycles. The van der Waals surface area contributed by atoms with Gasteiger partial charge >= 0.3 is 240 Å². The van der Waals surface area contributed by atoms with Crippen LogP contribution in [-0.4, -0.2) is 96.2 Å². The van der Waals surface area contributed by atoms with E-state index in [4.69, 9.17) is 14.6 Å². The van der Waals surface area contributed by atoms with Crippen LogP contribution in [0.15, 0.2) is 66.5 Å². The van der Waals surface area contributed by atoms with Gasteiger partial charge in [0.15, 0.2) is 0 Å². The summed E-state index contributed by atoms with van der Waals surface area (Å²) in [6.45, 7) is 9.10. The third kappa shape index (κ3) is 6.30. The van der Waals surface area contributed by atoms with E-state index in [9.17, 15) is 10.1 Å². The predicted octanol–water partition coefficient (Wildman–Crippen LogP) is 3.62. The number of benzene rings is 2. The van der Waals surface area contributed by atoms with E-state index >= 15 is 4.39 Å². The zero-order valence-corrected chi connectivity index (χ0v) is 28.6. The van der Waals surface area contributed by atoms with E-state index < -0.39 is 11.4 Å². The Morgan fingerprint density at radius 2 is 2.00 bits per heavy atom. The summed E-state index contributed by atoms with van der Waals surface area (Å²) in [5.74, 6) is 0.223. The van der Waals surface area contributed by atoms with Crippen LogP contribution in [0.1, 0.15) is 33.6 Å². The average Bonchev–Trinajstić information content (AvgIpc) is 3.63. The fourth-order valence-electron chi connectivity index (χ4n) is 6.49. The summed E-state index contributed by atoms with van der Waals surface area (Å²) >= 11 is 1.29. The number of fused-ring (bicyclic) bond motifs is 1. The van der Waals surface area contributed by atoms with Crippen molar-refractivity contribution in [2.45, 2.75) is 57.8 Å². The van der Waals surface area contributed by atoms with Gasteiger partial charge < -0.3 is 4.74 Å². The number of amides is 1. The molecule has 0 bridgehead atoms. The molecule has 238 valence electrons. The minimum absolute atomic E-state index is 0.127. The molecule has 0 spiro atoms. The van der Waals surface area contributed by atoms with Gasteiger partial charge in [-0.1, -0.05) is 6.92 Å². The second-order valence-corrected chi connectivity index (χ2v) is 13.3. The number of likely N-dealkylation sites (N-methyl/N-ethyl adjacent to an activating group) is 1. The predicted molar refractivity (Wildman–Crippen MR) is 175 cm³/mol. The number of hydrogen-bond acceptors (Lipinski definition) is 8. The molecule has 4 heterocycles. The molecule has 0 saturated carbocycles. The van der Waals surface area contributed by atoms with Crippen molar-refractivity contribution in [3.8, 4) is 28.8 Å². The number of nitriles is 1. The van der Waals surface area contributed by atoms with Gasteiger partial charge in [-0.05, 0) is 6.54 Å². The third-order valence-electron chi connectivity index (χ3n) is 8.75. The summed E-state index contributed by atoms with van der Waals surface area (Å²) in [6, 6.07) is 16.2. The molecule has 12 heteroatoms. The second-order valence-electron chi connectivity index (χ2n) is 12.1. The van der Waals surface area contributed by atoms with Gasteiger partial charge in [0.05, 0.1) is 19.3 Å². The van der Waals surface area contributed by atoms with Gasteiger partial charge in [-0.25, -0.2) is 0 Å². The van der Waals surface area contributed by atoms with Crippen LogP contribution in [0.25, 0.3) is 22.3 Å². The summed E-state index contributed by atoms with van der Waals surface area (Å²) in [5, 5.41) is 15.6. The SMILES string of the molecule is CCN(C1COC1)C(C)(C)/C=C(/C#N)C(=O)N1CCC[C@H]1Cn1nc(-c2ccc(Oc3ccccc3)cc2F)c2c([AsH2])ncnc21. The van der Waals surface area contributed by atoms with Gasteiger partial charge in [-0.2, -0.15) is 0 Å². The van der Waals surface area contributed by atoms with Crippen LogP contribution in [0, 0.1) is 17.1 Å². The summed E-state index contributed by atoms with van der Waals surface area (Å²) in [6.07, 6.45) is 4.83. The molecular weight excluding hydrogens is 648 g/mol. The van der Waals surface area contributed by atoms with Crippen LogP contribution in [0.2, 0.25) is 0 Å². The fraction of sp³-hybridized carbons (Fsp3) is 0.382. The van der Waals surface area contributed by atoms with Crippen molar-refractivity contribution in [3.05, 3.63) is 72.3 Å². The molecule has 2 saturated heterocycles. The summed E-state index contributed by atoms with van der Waals surface area (Å²) in [5.41, 5.74) is 0.947. The summed E-state index contributed by atoms with van der Waals surface area (Å²) in [7, 11) is 0. The Kier molecular flexibility index (Phi) is 9.23. The fourth-order valence-corrected chi connectivity index (χ4v) is 7.18. The monoisotopic (exact) mass is 685 g/mol. The van der Waals surface area contributed by atoms with Gasteiger partial charge in [0.1, 0.15) is 0 Å². The molecular formula is C34H37AsFN7O3. The molecule has 0 aliphatic carbocycles. The number of likely N-dealkylation sites (tertiary alicyclic amines) is 1. The van der Waals surface area contributed by atoms with E-state index in [-0.39, 0.29) is 23.6 Å². The molecule has 2 fully saturated rings. The van der Waals surface area contributed by atoms with E-state index in [1.807, 2.05) is 44.2 Å². The molecule has 2 aliphatic rings. The third-order valence-corrected chi connectivity index (χ3v) is 9.66. The van der Waals surface area contributed by atoms with Crippen LogP contribution < -0.4 is 9.22 Å². The Bertz CT molecular complexity index is 1820. The topological polar surface area (TPSA) is 109 Å². The van der Waals surface area contributed by atoms with Crippen LogP contribution in [0.5, 0.6) is 11.5 Å². The molecule has 2 aromatic carbocycles. The maximum atomic E-state index is 15.6. The Balaban J connectivity index is 1.27. The Hall–Kier alpha value is -4.10. The first-order chi connectivity index (χ1) is 22.2. The summed E-state index contributed by atoms with van der Waals surface area (Å²) in [4.78, 5) is 26.8. The first kappa shape index (κ1) is 31.9. The Morgan fingerprint density at radius 1 is 1.22 bits per heavy atom. The number of ether oxygens (including phenoxy) is 2. The number of aromatic nitrogens is 4. The molecule has 10 nitrogen and oxygen atoms in total. The average molecular weight is 686 g/mol. The molecule has 1 unspecified atom stereocenters. The van der Waals surface area contributed by atoms with Crippen molar-refractivity contribution in [3.63, 3.8) is 0 Å². The molecule has 6 rings (SSSR count). The first-order valence-electron chi connectivity index (χ1n) is 15.5. The van der Waals surface area contributed by atoms with Crippen LogP contribution in [0.3, 0.4) is 0 Å². The van der Waals surface area contributed by atoms with Crippen molar-refractivity contribution in [1.29, 1.82) is 5.26 Å². The Morgan fingerprint density at radius 3 is 2.67 bits per heavy atom. The molecule has 2 aromatic heterocycles. The van der Waals surface area contributed by atoms with E-state index in [1.165, 1.54) is 29.2 Å². The molecule has 0 N–H and O–H groups in total. The van der Waals surface area contributed by atoms with Crippen molar-refractivity contribution in [2.75, 3.05) is 26.3 Å². The van der Waals surface area contributed by atoms with Crippen LogP contribution in [0.4, 0.5) is 4.39 Å². The molecule has 2 atom stereocenters. The van der Waals surface area contributed by atoms with Crippen molar-refractivity contribution >= 4 is 38.3 Å². The molecule has 46 heavy (non-hydrogen) atoms. The number of halogens is 1. The zero-order chi connectivity index (χ0) is 32.4. The van der Waals surface area contributed by atoms with E-state index in [2.05, 4.69) is 27.9 Å². The van der Waals surface area contributed by atoms with Crippen molar-refractivity contribution < 1.29 is 18.7 Å². The summed E-state index contributed by atoms with van der Waals surface area (Å²) < 4.78 is 29.3. The number of carbonyl (C=O) groups is 1. The first-order valence-corrected chi connectivity index (χ1v) is 16.7. The number of hydrogen-bond donors (Lipinski definition) is 0. The maximum absolute atomic E-state index is 15.6. The van der Waals surface area contributed by atoms with Crippen molar-refractivity contribution in [1.82, 2.24) is 29.5 Å². The standard InChI is InChI=1S/C34H37AsFN7O3/c1-4-42(24-19-45-20-24)34(2,3)16-22(17-37)33(44)41-14-8-9-23(41)18-43-32-29(31(35)38-21-39-32)30(40-43)27-13-12-26(15-28(27)36)46-25-10-6-5-7-11-25/h5-7,10-13,15-16,21,23-24H,4,8-9,14,18-20,35H2,1-3H3/b22-16-/t23-/m0/s1. The van der Waals surface area contributed by atoms with E-state index in [0.29, 0.717) is 60.1 Å². The number of carbonyl (C=O) groups excluding carboxylic acids is 1. The van der Waals surface area contributed by atoms with Gasteiger partial charge in [0.2, 0.25) is 0 Å². The van der Waals surface area contributed by atoms with Crippen molar-refractivity contribution in [2.24, 2.45) is 0 Å². The van der Waals surface area contributed by atoms with E-state index in [1.54, 1.807) is 27.8 Å². The molecule has 0 radical (unpaired) electrons.